The van der Waals surface area contributed by atoms with Gasteiger partial charge in [0.15, 0.2) is 0 Å². The number of amides is 4. The number of aromatic nitrogens is 1. The Morgan fingerprint density at radius 1 is 1.04 bits per heavy atom. The Labute approximate surface area is 134 Å². The van der Waals surface area contributed by atoms with Crippen molar-refractivity contribution in [2.45, 2.75) is 52.0 Å². The molecule has 3 rings (SSSR count). The molecule has 2 heterocycles. The third-order valence-corrected chi connectivity index (χ3v) is 4.71. The first kappa shape index (κ1) is 15.5. The van der Waals surface area contributed by atoms with Gasteiger partial charge < -0.3 is 4.57 Å². The van der Waals surface area contributed by atoms with Crippen LogP contribution in [-0.4, -0.2) is 22.4 Å². The average Bonchev–Trinajstić information content (AvgIpc) is 2.78. The molecule has 0 aromatic carbocycles. The van der Waals surface area contributed by atoms with Crippen LogP contribution in [0.4, 0.5) is 4.79 Å². The van der Waals surface area contributed by atoms with Gasteiger partial charge in [-0.1, -0.05) is 19.3 Å². The smallest absolute Gasteiger partial charge is 0.328 e. The largest absolute Gasteiger partial charge is 0.346 e. The van der Waals surface area contributed by atoms with Gasteiger partial charge >= 0.3 is 6.03 Å². The van der Waals surface area contributed by atoms with E-state index in [2.05, 4.69) is 15.2 Å². The van der Waals surface area contributed by atoms with Gasteiger partial charge in [-0.25, -0.2) is 4.79 Å². The Hall–Kier alpha value is -2.37. The monoisotopic (exact) mass is 315 g/mol. The second kappa shape index (κ2) is 6.02. The minimum Gasteiger partial charge on any atom is -0.346 e. The molecule has 2 fully saturated rings. The number of imide groups is 2. The molecule has 0 spiro atoms. The molecule has 0 atom stereocenters. The normalized spacial score (nSPS) is 19.6. The van der Waals surface area contributed by atoms with Crippen LogP contribution in [0.1, 0.15) is 55.1 Å². The van der Waals surface area contributed by atoms with Crippen LogP contribution >= 0.6 is 0 Å². The fraction of sp³-hybridized carbons (Fsp3) is 0.471. The van der Waals surface area contributed by atoms with Gasteiger partial charge in [-0.05, 0) is 44.4 Å². The van der Waals surface area contributed by atoms with Crippen LogP contribution < -0.4 is 10.6 Å². The van der Waals surface area contributed by atoms with Crippen molar-refractivity contribution in [3.8, 4) is 0 Å². The molecule has 1 aromatic rings. The third-order valence-electron chi connectivity index (χ3n) is 4.71. The summed E-state index contributed by atoms with van der Waals surface area (Å²) in [7, 11) is 0. The second-order valence-corrected chi connectivity index (χ2v) is 6.28. The molecule has 6 heteroatoms. The maximum Gasteiger partial charge on any atom is 0.328 e. The van der Waals surface area contributed by atoms with Gasteiger partial charge in [0.05, 0.1) is 0 Å². The molecule has 0 bridgehead atoms. The molecular weight excluding hydrogens is 294 g/mol. The van der Waals surface area contributed by atoms with Crippen LogP contribution in [0, 0.1) is 13.8 Å². The van der Waals surface area contributed by atoms with E-state index < -0.39 is 17.8 Å². The summed E-state index contributed by atoms with van der Waals surface area (Å²) in [5, 5.41) is 4.20. The number of barbiturate groups is 1. The highest BCUT2D eigenvalue weighted by molar-refractivity contribution is 6.31. The zero-order chi connectivity index (χ0) is 16.6. The Balaban J connectivity index is 1.95. The predicted octanol–water partition coefficient (Wildman–Crippen LogP) is 2.36. The van der Waals surface area contributed by atoms with Crippen LogP contribution in [0.2, 0.25) is 0 Å². The average molecular weight is 315 g/mol. The number of hydrogen-bond acceptors (Lipinski definition) is 3. The number of nitrogens with zero attached hydrogens (tertiary/aromatic N) is 1. The first-order valence-electron chi connectivity index (χ1n) is 8.04. The molecule has 1 saturated heterocycles. The van der Waals surface area contributed by atoms with Crippen molar-refractivity contribution in [1.29, 1.82) is 0 Å². The fourth-order valence-electron chi connectivity index (χ4n) is 3.61. The second-order valence-electron chi connectivity index (χ2n) is 6.28. The molecule has 1 saturated carbocycles. The summed E-state index contributed by atoms with van der Waals surface area (Å²) in [6, 6.07) is 1.71. The first-order valence-corrected chi connectivity index (χ1v) is 8.04. The lowest BCUT2D eigenvalue weighted by Gasteiger charge is -2.26. The molecule has 122 valence electrons. The van der Waals surface area contributed by atoms with Crippen LogP contribution in [0.5, 0.6) is 0 Å². The molecule has 0 unspecified atom stereocenters. The zero-order valence-corrected chi connectivity index (χ0v) is 13.4. The molecule has 4 amide bonds. The number of urea groups is 1. The number of hydrogen-bond donors (Lipinski definition) is 2. The van der Waals surface area contributed by atoms with E-state index in [0.717, 1.165) is 17.0 Å². The molecule has 6 nitrogen and oxygen atoms in total. The van der Waals surface area contributed by atoms with E-state index in [-0.39, 0.29) is 5.57 Å². The molecule has 23 heavy (non-hydrogen) atoms. The maximum absolute atomic E-state index is 11.9. The van der Waals surface area contributed by atoms with Crippen LogP contribution in [0.25, 0.3) is 6.08 Å². The van der Waals surface area contributed by atoms with Gasteiger partial charge in [0.2, 0.25) is 0 Å². The van der Waals surface area contributed by atoms with E-state index in [1.165, 1.54) is 32.1 Å². The lowest BCUT2D eigenvalue weighted by molar-refractivity contribution is -0.123. The van der Waals surface area contributed by atoms with Gasteiger partial charge in [0.1, 0.15) is 5.57 Å². The van der Waals surface area contributed by atoms with Crippen LogP contribution in [0.15, 0.2) is 11.6 Å². The summed E-state index contributed by atoms with van der Waals surface area (Å²) in [5.41, 5.74) is 3.00. The minimum absolute atomic E-state index is 0.0338. The van der Waals surface area contributed by atoms with Crippen molar-refractivity contribution in [3.63, 3.8) is 0 Å². The first-order chi connectivity index (χ1) is 11.0. The van der Waals surface area contributed by atoms with Crippen molar-refractivity contribution in [2.75, 3.05) is 0 Å². The molecule has 1 aliphatic heterocycles. The van der Waals surface area contributed by atoms with E-state index >= 15 is 0 Å². The number of rotatable bonds is 2. The summed E-state index contributed by atoms with van der Waals surface area (Å²) in [4.78, 5) is 34.8. The van der Waals surface area contributed by atoms with Crippen LogP contribution in [-0.2, 0) is 9.59 Å². The molecule has 0 radical (unpaired) electrons. The maximum atomic E-state index is 11.9. The zero-order valence-electron chi connectivity index (χ0n) is 13.4. The van der Waals surface area contributed by atoms with Crippen molar-refractivity contribution in [2.24, 2.45) is 0 Å². The van der Waals surface area contributed by atoms with Crippen molar-refractivity contribution < 1.29 is 14.4 Å². The highest BCUT2D eigenvalue weighted by atomic mass is 16.2. The summed E-state index contributed by atoms with van der Waals surface area (Å²) in [6.07, 6.45) is 7.68. The van der Waals surface area contributed by atoms with Crippen molar-refractivity contribution in [3.05, 3.63) is 28.6 Å². The Bertz CT molecular complexity index is 687. The highest BCUT2D eigenvalue weighted by Crippen LogP contribution is 2.32. The SMILES string of the molecule is Cc1cc(C=C2C(=O)NC(=O)NC2=O)c(C)n1C1CCCCC1. The van der Waals surface area contributed by atoms with Gasteiger partial charge in [0.25, 0.3) is 11.8 Å². The summed E-state index contributed by atoms with van der Waals surface area (Å²) >= 11 is 0. The highest BCUT2D eigenvalue weighted by Gasteiger charge is 2.28. The summed E-state index contributed by atoms with van der Waals surface area (Å²) in [6.45, 7) is 4.06. The van der Waals surface area contributed by atoms with Gasteiger partial charge in [-0.2, -0.15) is 0 Å². The Morgan fingerprint density at radius 3 is 2.26 bits per heavy atom. The number of carbonyl (C=O) groups excluding carboxylic acids is 3. The third kappa shape index (κ3) is 2.93. The molecule has 1 aliphatic carbocycles. The summed E-state index contributed by atoms with van der Waals surface area (Å²) < 4.78 is 2.31. The summed E-state index contributed by atoms with van der Waals surface area (Å²) in [5.74, 6) is -1.30. The number of nitrogens with one attached hydrogen (secondary N) is 2. The standard InChI is InChI=1S/C17H21N3O3/c1-10-8-12(9-14-15(21)18-17(23)19-16(14)22)11(2)20(10)13-6-4-3-5-7-13/h8-9,13H,3-7H2,1-2H3,(H2,18,19,21,22,23). The van der Waals surface area contributed by atoms with Gasteiger partial charge in [0, 0.05) is 17.4 Å². The quantitative estimate of drug-likeness (QED) is 0.649. The molecule has 2 N–H and O–H groups in total. The van der Waals surface area contributed by atoms with Crippen LogP contribution in [0.3, 0.4) is 0 Å². The van der Waals surface area contributed by atoms with E-state index in [1.807, 2.05) is 19.9 Å². The van der Waals surface area contributed by atoms with E-state index in [1.54, 1.807) is 6.08 Å². The van der Waals surface area contributed by atoms with E-state index in [4.69, 9.17) is 0 Å². The van der Waals surface area contributed by atoms with E-state index in [0.29, 0.717) is 6.04 Å². The molecule has 1 aromatic heterocycles. The minimum atomic E-state index is -0.773. The van der Waals surface area contributed by atoms with Gasteiger partial charge in [-0.15, -0.1) is 0 Å². The Kier molecular flexibility index (Phi) is 4.07. The topological polar surface area (TPSA) is 80.2 Å². The van der Waals surface area contributed by atoms with E-state index in [9.17, 15) is 14.4 Å². The lowest BCUT2D eigenvalue weighted by Crippen LogP contribution is -2.51. The van der Waals surface area contributed by atoms with Crippen molar-refractivity contribution >= 4 is 23.9 Å². The lowest BCUT2D eigenvalue weighted by atomic mass is 9.95. The number of carbonyl (C=O) groups is 3. The fourth-order valence-corrected chi connectivity index (χ4v) is 3.61. The van der Waals surface area contributed by atoms with Crippen molar-refractivity contribution in [1.82, 2.24) is 15.2 Å². The van der Waals surface area contributed by atoms with Gasteiger partial charge in [-0.3, -0.25) is 20.2 Å². The molecular formula is C17H21N3O3. The Morgan fingerprint density at radius 2 is 1.65 bits per heavy atom. The predicted molar refractivity (Wildman–Crippen MR) is 85.7 cm³/mol. The number of aryl methyl sites for hydroxylation is 1. The molecule has 2 aliphatic rings.